The number of carbonyl (C=O) groups excluding carboxylic acids is 3. The molecule has 1 atom stereocenters. The van der Waals surface area contributed by atoms with Gasteiger partial charge < -0.3 is 16.2 Å². The number of pyridine rings is 1. The molecule has 0 aliphatic carbocycles. The zero-order valence-corrected chi connectivity index (χ0v) is 11.7. The lowest BCUT2D eigenvalue weighted by molar-refractivity contribution is 0.0605. The van der Waals surface area contributed by atoms with Crippen molar-refractivity contribution in [2.45, 2.75) is 6.23 Å². The van der Waals surface area contributed by atoms with Crippen LogP contribution in [0.1, 0.15) is 31.3 Å². The summed E-state index contributed by atoms with van der Waals surface area (Å²) in [7, 11) is 0. The van der Waals surface area contributed by atoms with Crippen LogP contribution in [-0.4, -0.2) is 33.9 Å². The second-order valence-corrected chi connectivity index (χ2v) is 4.52. The van der Waals surface area contributed by atoms with Gasteiger partial charge in [0.05, 0.1) is 0 Å². The lowest BCUT2D eigenvalue weighted by Crippen LogP contribution is -2.41. The van der Waals surface area contributed by atoms with Crippen LogP contribution in [0.2, 0.25) is 0 Å². The summed E-state index contributed by atoms with van der Waals surface area (Å²) in [5.74, 6) is -3.03. The number of benzene rings is 1. The number of ketones is 1. The Hall–Kier alpha value is -3.13. The molecule has 118 valence electrons. The molecule has 0 unspecified atom stereocenters. The molecular weight excluding hydrogens is 305 g/mol. The first kappa shape index (κ1) is 16.2. The summed E-state index contributed by atoms with van der Waals surface area (Å²) in [4.78, 5) is 38.6. The highest BCUT2D eigenvalue weighted by Gasteiger charge is 2.21. The zero-order chi connectivity index (χ0) is 17.0. The van der Waals surface area contributed by atoms with Gasteiger partial charge in [-0.1, -0.05) is 6.07 Å². The van der Waals surface area contributed by atoms with E-state index < -0.39 is 29.6 Å². The zero-order valence-electron chi connectivity index (χ0n) is 11.7. The molecule has 1 aromatic heterocycles. The fraction of sp³-hybridized carbons (Fsp3) is 0.0667. The minimum atomic E-state index is -1.84. The Morgan fingerprint density at radius 2 is 1.70 bits per heavy atom. The highest BCUT2D eigenvalue weighted by atomic mass is 19.1. The number of hydrogen-bond donors (Lipinski definition) is 3. The highest BCUT2D eigenvalue weighted by molar-refractivity contribution is 6.03. The van der Waals surface area contributed by atoms with Crippen LogP contribution >= 0.6 is 0 Å². The second-order valence-electron chi connectivity index (χ2n) is 4.52. The first-order valence-electron chi connectivity index (χ1n) is 6.44. The van der Waals surface area contributed by atoms with Crippen LogP contribution in [0.5, 0.6) is 0 Å². The number of nitrogens with two attached hydrogens (primary N) is 1. The number of amides is 2. The van der Waals surface area contributed by atoms with Crippen LogP contribution in [-0.2, 0) is 0 Å². The molecular formula is C15H12FN3O4. The Morgan fingerprint density at radius 1 is 1.09 bits per heavy atom. The van der Waals surface area contributed by atoms with Gasteiger partial charge in [-0.05, 0) is 36.4 Å². The third-order valence-electron chi connectivity index (χ3n) is 2.88. The average Bonchev–Trinajstić information content (AvgIpc) is 2.54. The number of primary amides is 1. The van der Waals surface area contributed by atoms with E-state index in [9.17, 15) is 23.9 Å². The summed E-state index contributed by atoms with van der Waals surface area (Å²) >= 11 is 0. The normalized spacial score (nSPS) is 11.6. The van der Waals surface area contributed by atoms with Crippen molar-refractivity contribution in [1.29, 1.82) is 0 Å². The number of carbonyl (C=O) groups is 3. The molecule has 0 fully saturated rings. The van der Waals surface area contributed by atoms with Gasteiger partial charge >= 0.3 is 0 Å². The van der Waals surface area contributed by atoms with Crippen molar-refractivity contribution in [1.82, 2.24) is 10.3 Å². The van der Waals surface area contributed by atoms with E-state index in [1.807, 2.05) is 5.32 Å². The molecule has 7 nitrogen and oxygen atoms in total. The number of hydrogen-bond acceptors (Lipinski definition) is 5. The summed E-state index contributed by atoms with van der Waals surface area (Å²) in [6, 6.07) is 8.46. The lowest BCUT2D eigenvalue weighted by atomic mass is 10.1. The molecule has 2 rings (SSSR count). The predicted octanol–water partition coefficient (Wildman–Crippen LogP) is 0.251. The maximum atomic E-state index is 12.8. The van der Waals surface area contributed by atoms with Crippen LogP contribution in [0.4, 0.5) is 4.39 Å². The van der Waals surface area contributed by atoms with Crippen molar-refractivity contribution in [2.24, 2.45) is 5.73 Å². The Bertz CT molecular complexity index is 762. The summed E-state index contributed by atoms with van der Waals surface area (Å²) in [5.41, 5.74) is 4.76. The van der Waals surface area contributed by atoms with Crippen molar-refractivity contribution >= 4 is 17.6 Å². The van der Waals surface area contributed by atoms with E-state index >= 15 is 0 Å². The summed E-state index contributed by atoms with van der Waals surface area (Å²) < 4.78 is 12.8. The molecule has 8 heteroatoms. The molecule has 4 N–H and O–H groups in total. The van der Waals surface area contributed by atoms with Crippen LogP contribution in [0.15, 0.2) is 42.5 Å². The van der Waals surface area contributed by atoms with E-state index in [4.69, 9.17) is 5.73 Å². The maximum absolute atomic E-state index is 12.8. The SMILES string of the molecule is NC(=O)c1cccc(C(=O)N[C@H](O)C(=O)c2ccc(F)cc2)n1. The van der Waals surface area contributed by atoms with E-state index in [1.54, 1.807) is 0 Å². The maximum Gasteiger partial charge on any atom is 0.272 e. The number of halogens is 1. The molecule has 2 amide bonds. The van der Waals surface area contributed by atoms with Gasteiger partial charge in [0, 0.05) is 5.56 Å². The van der Waals surface area contributed by atoms with Crippen LogP contribution in [0.3, 0.4) is 0 Å². The van der Waals surface area contributed by atoms with Crippen LogP contribution in [0.25, 0.3) is 0 Å². The molecule has 0 spiro atoms. The van der Waals surface area contributed by atoms with Gasteiger partial charge in [-0.15, -0.1) is 0 Å². The summed E-state index contributed by atoms with van der Waals surface area (Å²) in [6.07, 6.45) is -1.84. The van der Waals surface area contributed by atoms with Crippen molar-refractivity contribution in [3.63, 3.8) is 0 Å². The number of aliphatic hydroxyl groups is 1. The third kappa shape index (κ3) is 3.95. The minimum Gasteiger partial charge on any atom is -0.367 e. The van der Waals surface area contributed by atoms with Crippen LogP contribution in [0, 0.1) is 5.82 Å². The quantitative estimate of drug-likeness (QED) is 0.539. The molecule has 23 heavy (non-hydrogen) atoms. The molecule has 0 saturated heterocycles. The number of Topliss-reactive ketones (excluding diaryl/α,β-unsaturated/α-hetero) is 1. The Balaban J connectivity index is 2.10. The number of aromatic nitrogens is 1. The average molecular weight is 317 g/mol. The number of nitrogens with zero attached hydrogens (tertiary/aromatic N) is 1. The standard InChI is InChI=1S/C15H12FN3O4/c16-9-6-4-8(5-7-9)12(20)15(23)19-14(22)11-3-1-2-10(18-11)13(17)21/h1-7,15,23H,(H2,17,21)(H,19,22)/t15-/m1/s1. The predicted molar refractivity (Wildman–Crippen MR) is 77.0 cm³/mol. The molecule has 0 aliphatic heterocycles. The summed E-state index contributed by atoms with van der Waals surface area (Å²) in [6.45, 7) is 0. The van der Waals surface area contributed by atoms with Crippen molar-refractivity contribution in [3.05, 3.63) is 65.2 Å². The Labute approximate surface area is 130 Å². The molecule has 1 heterocycles. The first-order chi connectivity index (χ1) is 10.9. The lowest BCUT2D eigenvalue weighted by Gasteiger charge is -2.11. The fourth-order valence-corrected chi connectivity index (χ4v) is 1.73. The van der Waals surface area contributed by atoms with Crippen molar-refractivity contribution in [2.75, 3.05) is 0 Å². The molecule has 0 radical (unpaired) electrons. The smallest absolute Gasteiger partial charge is 0.272 e. The monoisotopic (exact) mass is 317 g/mol. The van der Waals surface area contributed by atoms with E-state index in [0.29, 0.717) is 0 Å². The van der Waals surface area contributed by atoms with E-state index in [-0.39, 0.29) is 17.0 Å². The second kappa shape index (κ2) is 6.75. The number of aliphatic hydroxyl groups excluding tert-OH is 1. The van der Waals surface area contributed by atoms with Crippen molar-refractivity contribution < 1.29 is 23.9 Å². The third-order valence-corrected chi connectivity index (χ3v) is 2.88. The van der Waals surface area contributed by atoms with Gasteiger partial charge in [0.2, 0.25) is 5.78 Å². The Morgan fingerprint density at radius 3 is 2.30 bits per heavy atom. The molecule has 1 aromatic carbocycles. The molecule has 0 saturated carbocycles. The first-order valence-corrected chi connectivity index (χ1v) is 6.44. The van der Waals surface area contributed by atoms with E-state index in [2.05, 4.69) is 4.98 Å². The minimum absolute atomic E-state index is 0.0260. The van der Waals surface area contributed by atoms with Crippen molar-refractivity contribution in [3.8, 4) is 0 Å². The number of rotatable bonds is 5. The van der Waals surface area contributed by atoms with E-state index in [0.717, 1.165) is 12.1 Å². The highest BCUT2D eigenvalue weighted by Crippen LogP contribution is 2.06. The molecule has 0 aliphatic rings. The van der Waals surface area contributed by atoms with Gasteiger partial charge in [-0.3, -0.25) is 14.4 Å². The summed E-state index contributed by atoms with van der Waals surface area (Å²) in [5, 5.41) is 11.8. The van der Waals surface area contributed by atoms with Gasteiger partial charge in [0.1, 0.15) is 17.2 Å². The van der Waals surface area contributed by atoms with Gasteiger partial charge in [0.15, 0.2) is 6.23 Å². The van der Waals surface area contributed by atoms with Gasteiger partial charge in [-0.2, -0.15) is 0 Å². The molecule has 2 aromatic rings. The van der Waals surface area contributed by atoms with Gasteiger partial charge in [-0.25, -0.2) is 9.37 Å². The fourth-order valence-electron chi connectivity index (χ4n) is 1.73. The molecule has 0 bridgehead atoms. The van der Waals surface area contributed by atoms with E-state index in [1.165, 1.54) is 30.3 Å². The van der Waals surface area contributed by atoms with Crippen LogP contribution < -0.4 is 11.1 Å². The Kier molecular flexibility index (Phi) is 4.77. The van der Waals surface area contributed by atoms with Gasteiger partial charge in [0.25, 0.3) is 11.8 Å². The largest absolute Gasteiger partial charge is 0.367 e. The topological polar surface area (TPSA) is 122 Å². The number of nitrogens with one attached hydrogen (secondary N) is 1.